The minimum absolute atomic E-state index is 0.120. The average Bonchev–Trinajstić information content (AvgIpc) is 2.53. The fraction of sp³-hybridized carbons (Fsp3) is 0.133. The highest BCUT2D eigenvalue weighted by atomic mass is 16.5. The van der Waals surface area contributed by atoms with Gasteiger partial charge >= 0.3 is 5.97 Å². The highest BCUT2D eigenvalue weighted by Gasteiger charge is 2.07. The Kier molecular flexibility index (Phi) is 4.36. The zero-order valence-electron chi connectivity index (χ0n) is 11.2. The topological polar surface area (TPSA) is 92.4 Å². The third-order valence-corrected chi connectivity index (χ3v) is 2.74. The standard InChI is InChI=1S/C15H12N2O4/c1-20-14-6-10(7-16)2-5-13(14)21-9-12-4-3-11(8-17-12)15(18)19/h2-6,8H,9H2,1H3,(H,18,19). The Hall–Kier alpha value is -3.07. The first-order chi connectivity index (χ1) is 10.1. The van der Waals surface area contributed by atoms with Crippen LogP contribution in [0.3, 0.4) is 0 Å². The summed E-state index contributed by atoms with van der Waals surface area (Å²) in [6.45, 7) is 0.169. The minimum atomic E-state index is -1.02. The number of nitriles is 1. The van der Waals surface area contributed by atoms with Crippen molar-refractivity contribution >= 4 is 5.97 Å². The molecule has 0 radical (unpaired) electrons. The van der Waals surface area contributed by atoms with Gasteiger partial charge in [-0.1, -0.05) is 0 Å². The number of ether oxygens (including phenoxy) is 2. The van der Waals surface area contributed by atoms with Gasteiger partial charge in [0.15, 0.2) is 11.5 Å². The molecule has 1 N–H and O–H groups in total. The second kappa shape index (κ2) is 6.39. The largest absolute Gasteiger partial charge is 0.493 e. The van der Waals surface area contributed by atoms with Crippen molar-refractivity contribution in [3.8, 4) is 17.6 Å². The molecule has 6 heteroatoms. The molecule has 0 fully saturated rings. The second-order valence-electron chi connectivity index (χ2n) is 4.11. The van der Waals surface area contributed by atoms with Crippen molar-refractivity contribution in [1.29, 1.82) is 5.26 Å². The van der Waals surface area contributed by atoms with E-state index >= 15 is 0 Å². The second-order valence-corrected chi connectivity index (χ2v) is 4.11. The van der Waals surface area contributed by atoms with Gasteiger partial charge in [0, 0.05) is 12.3 Å². The van der Waals surface area contributed by atoms with E-state index in [0.717, 1.165) is 0 Å². The van der Waals surface area contributed by atoms with Crippen molar-refractivity contribution in [3.63, 3.8) is 0 Å². The Morgan fingerprint density at radius 2 is 2.14 bits per heavy atom. The molecular formula is C15H12N2O4. The first-order valence-corrected chi connectivity index (χ1v) is 6.03. The first-order valence-electron chi connectivity index (χ1n) is 6.03. The van der Waals surface area contributed by atoms with E-state index in [4.69, 9.17) is 19.8 Å². The summed E-state index contributed by atoms with van der Waals surface area (Å²) in [6, 6.07) is 9.91. The summed E-state index contributed by atoms with van der Waals surface area (Å²) in [5, 5.41) is 17.6. The van der Waals surface area contributed by atoms with Crippen LogP contribution in [0, 0.1) is 11.3 Å². The van der Waals surface area contributed by atoms with Crippen LogP contribution in [0.5, 0.6) is 11.5 Å². The van der Waals surface area contributed by atoms with Gasteiger partial charge in [-0.15, -0.1) is 0 Å². The van der Waals surface area contributed by atoms with Gasteiger partial charge in [-0.25, -0.2) is 4.79 Å². The van der Waals surface area contributed by atoms with Gasteiger partial charge in [0.2, 0.25) is 0 Å². The highest BCUT2D eigenvalue weighted by Crippen LogP contribution is 2.28. The zero-order valence-corrected chi connectivity index (χ0v) is 11.2. The molecule has 2 aromatic rings. The third-order valence-electron chi connectivity index (χ3n) is 2.74. The van der Waals surface area contributed by atoms with Gasteiger partial charge in [0.1, 0.15) is 6.61 Å². The van der Waals surface area contributed by atoms with Crippen LogP contribution in [-0.2, 0) is 6.61 Å². The van der Waals surface area contributed by atoms with Crippen LogP contribution >= 0.6 is 0 Å². The number of benzene rings is 1. The summed E-state index contributed by atoms with van der Waals surface area (Å²) >= 11 is 0. The van der Waals surface area contributed by atoms with E-state index in [2.05, 4.69) is 4.98 Å². The number of nitrogens with zero attached hydrogens (tertiary/aromatic N) is 2. The molecule has 0 spiro atoms. The van der Waals surface area contributed by atoms with Crippen LogP contribution in [0.15, 0.2) is 36.5 Å². The number of rotatable bonds is 5. The Bertz CT molecular complexity index is 690. The van der Waals surface area contributed by atoms with Crippen molar-refractivity contribution in [2.24, 2.45) is 0 Å². The molecule has 21 heavy (non-hydrogen) atoms. The van der Waals surface area contributed by atoms with Gasteiger partial charge in [-0.05, 0) is 24.3 Å². The molecular weight excluding hydrogens is 272 g/mol. The molecule has 0 aliphatic carbocycles. The van der Waals surface area contributed by atoms with Crippen molar-refractivity contribution in [1.82, 2.24) is 4.98 Å². The number of pyridine rings is 1. The van der Waals surface area contributed by atoms with Crippen LogP contribution < -0.4 is 9.47 Å². The lowest BCUT2D eigenvalue weighted by Crippen LogP contribution is -2.02. The molecule has 2 rings (SSSR count). The lowest BCUT2D eigenvalue weighted by Gasteiger charge is -2.10. The summed E-state index contributed by atoms with van der Waals surface area (Å²) < 4.78 is 10.7. The zero-order chi connectivity index (χ0) is 15.2. The summed E-state index contributed by atoms with van der Waals surface area (Å²) in [4.78, 5) is 14.7. The molecule has 1 aromatic heterocycles. The molecule has 1 aromatic carbocycles. The number of hydrogen-bond acceptors (Lipinski definition) is 5. The van der Waals surface area contributed by atoms with Gasteiger partial charge in [-0.3, -0.25) is 4.98 Å². The summed E-state index contributed by atoms with van der Waals surface area (Å²) in [5.74, 6) is -0.0828. The minimum Gasteiger partial charge on any atom is -0.493 e. The van der Waals surface area contributed by atoms with E-state index in [1.807, 2.05) is 6.07 Å². The molecule has 0 amide bonds. The molecule has 0 atom stereocenters. The van der Waals surface area contributed by atoms with Gasteiger partial charge in [0.25, 0.3) is 0 Å². The number of carbonyl (C=O) groups is 1. The van der Waals surface area contributed by atoms with Gasteiger partial charge in [-0.2, -0.15) is 5.26 Å². The van der Waals surface area contributed by atoms with Crippen molar-refractivity contribution in [3.05, 3.63) is 53.3 Å². The Labute approximate surface area is 121 Å². The van der Waals surface area contributed by atoms with E-state index < -0.39 is 5.97 Å². The fourth-order valence-corrected chi connectivity index (χ4v) is 1.64. The van der Waals surface area contributed by atoms with Crippen molar-refractivity contribution in [2.45, 2.75) is 6.61 Å². The molecule has 0 aliphatic rings. The molecule has 0 aliphatic heterocycles. The van der Waals surface area contributed by atoms with E-state index in [0.29, 0.717) is 22.8 Å². The molecule has 0 unspecified atom stereocenters. The predicted octanol–water partition coefficient (Wildman–Crippen LogP) is 2.24. The Balaban J connectivity index is 2.09. The van der Waals surface area contributed by atoms with Crippen LogP contribution in [0.2, 0.25) is 0 Å². The quantitative estimate of drug-likeness (QED) is 0.905. The summed E-state index contributed by atoms with van der Waals surface area (Å²) in [7, 11) is 1.49. The number of carboxylic acids is 1. The van der Waals surface area contributed by atoms with Crippen molar-refractivity contribution < 1.29 is 19.4 Å². The Morgan fingerprint density at radius 3 is 2.71 bits per heavy atom. The highest BCUT2D eigenvalue weighted by molar-refractivity contribution is 5.87. The van der Waals surface area contributed by atoms with E-state index in [1.54, 1.807) is 24.3 Å². The predicted molar refractivity (Wildman–Crippen MR) is 73.2 cm³/mol. The maximum Gasteiger partial charge on any atom is 0.337 e. The molecule has 106 valence electrons. The first kappa shape index (κ1) is 14.3. The van der Waals surface area contributed by atoms with Gasteiger partial charge in [0.05, 0.1) is 30.0 Å². The lowest BCUT2D eigenvalue weighted by atomic mass is 10.2. The smallest absolute Gasteiger partial charge is 0.337 e. The fourth-order valence-electron chi connectivity index (χ4n) is 1.64. The van der Waals surface area contributed by atoms with E-state index in [1.165, 1.54) is 19.4 Å². The average molecular weight is 284 g/mol. The molecule has 0 bridgehead atoms. The number of methoxy groups -OCH3 is 1. The number of aromatic nitrogens is 1. The maximum atomic E-state index is 10.7. The Morgan fingerprint density at radius 1 is 1.33 bits per heavy atom. The molecule has 6 nitrogen and oxygen atoms in total. The normalized spacial score (nSPS) is 9.71. The number of aromatic carboxylic acids is 1. The van der Waals surface area contributed by atoms with Gasteiger partial charge < -0.3 is 14.6 Å². The summed E-state index contributed by atoms with van der Waals surface area (Å²) in [6.07, 6.45) is 1.27. The van der Waals surface area contributed by atoms with E-state index in [9.17, 15) is 4.79 Å². The third kappa shape index (κ3) is 3.48. The number of hydrogen-bond donors (Lipinski definition) is 1. The van der Waals surface area contributed by atoms with Crippen LogP contribution in [0.4, 0.5) is 0 Å². The van der Waals surface area contributed by atoms with Crippen LogP contribution in [-0.4, -0.2) is 23.2 Å². The monoisotopic (exact) mass is 284 g/mol. The number of carboxylic acid groups (broad SMARTS) is 1. The molecule has 1 heterocycles. The molecule has 0 saturated heterocycles. The maximum absolute atomic E-state index is 10.7. The lowest BCUT2D eigenvalue weighted by molar-refractivity contribution is 0.0696. The molecule has 0 saturated carbocycles. The van der Waals surface area contributed by atoms with E-state index in [-0.39, 0.29) is 12.2 Å². The summed E-state index contributed by atoms with van der Waals surface area (Å²) in [5.41, 5.74) is 1.18. The van der Waals surface area contributed by atoms with Crippen molar-refractivity contribution in [2.75, 3.05) is 7.11 Å². The van der Waals surface area contributed by atoms with Crippen LogP contribution in [0.1, 0.15) is 21.6 Å². The van der Waals surface area contributed by atoms with Crippen LogP contribution in [0.25, 0.3) is 0 Å². The SMILES string of the molecule is COc1cc(C#N)ccc1OCc1ccc(C(=O)O)cn1.